The number of likely N-dealkylation sites (tertiary alicyclic amines) is 1. The molecule has 1 aliphatic carbocycles. The van der Waals surface area contributed by atoms with Gasteiger partial charge in [0.1, 0.15) is 19.0 Å². The van der Waals surface area contributed by atoms with Gasteiger partial charge in [-0.2, -0.15) is 0 Å². The van der Waals surface area contributed by atoms with Crippen LogP contribution in [0.5, 0.6) is 0 Å². The van der Waals surface area contributed by atoms with Gasteiger partial charge in [-0.3, -0.25) is 4.79 Å². The summed E-state index contributed by atoms with van der Waals surface area (Å²) in [6.07, 6.45) is 5.07. The van der Waals surface area contributed by atoms with E-state index in [9.17, 15) is 14.4 Å². The summed E-state index contributed by atoms with van der Waals surface area (Å²) in [6, 6.07) is 19.1. The first kappa shape index (κ1) is 35.8. The molecule has 1 amide bonds. The van der Waals surface area contributed by atoms with Gasteiger partial charge in [0.2, 0.25) is 0 Å². The Morgan fingerprint density at radius 3 is 1.87 bits per heavy atom. The van der Waals surface area contributed by atoms with Gasteiger partial charge in [-0.25, -0.2) is 9.59 Å². The number of ether oxygens (including phenoxy) is 6. The molecule has 1 saturated carbocycles. The second-order valence-corrected chi connectivity index (χ2v) is 12.5. The molecule has 0 N–H and O–H groups in total. The molecule has 10 nitrogen and oxygen atoms in total. The number of halogens is 1. The van der Waals surface area contributed by atoms with Crippen molar-refractivity contribution in [1.82, 2.24) is 4.90 Å². The molecule has 4 fully saturated rings. The van der Waals surface area contributed by atoms with E-state index in [-0.39, 0.29) is 18.7 Å². The Balaban J connectivity index is 0.000000170. The third-order valence-electron chi connectivity index (χ3n) is 8.38. The smallest absolute Gasteiger partial charge is 0.410 e. The van der Waals surface area contributed by atoms with Crippen molar-refractivity contribution < 1.29 is 42.8 Å². The predicted octanol–water partition coefficient (Wildman–Crippen LogP) is 7.01. The molecule has 4 aliphatic rings. The van der Waals surface area contributed by atoms with Crippen LogP contribution in [-0.4, -0.2) is 72.8 Å². The van der Waals surface area contributed by atoms with Crippen LogP contribution in [0.2, 0.25) is 0 Å². The summed E-state index contributed by atoms with van der Waals surface area (Å²) in [5.41, 5.74) is 1.16. The molecular formula is C35H46ClNO9. The molecule has 2 atom stereocenters. The van der Waals surface area contributed by atoms with Crippen molar-refractivity contribution in [2.24, 2.45) is 5.92 Å². The van der Waals surface area contributed by atoms with Crippen LogP contribution in [0.15, 0.2) is 60.7 Å². The number of hydrogen-bond donors (Lipinski definition) is 0. The minimum atomic E-state index is -0.770. The van der Waals surface area contributed by atoms with Gasteiger partial charge in [-0.1, -0.05) is 67.6 Å². The Hall–Kier alpha value is -3.02. The van der Waals surface area contributed by atoms with Crippen LogP contribution in [0, 0.1) is 5.92 Å². The number of rotatable bonds is 4. The molecule has 11 heteroatoms. The van der Waals surface area contributed by atoms with E-state index in [2.05, 4.69) is 11.7 Å². The second kappa shape index (κ2) is 17.8. The molecule has 2 aromatic carbocycles. The van der Waals surface area contributed by atoms with E-state index in [1.54, 1.807) is 4.90 Å². The zero-order chi connectivity index (χ0) is 32.8. The average molecular weight is 660 g/mol. The monoisotopic (exact) mass is 659 g/mol. The number of amides is 1. The van der Waals surface area contributed by atoms with Gasteiger partial charge in [0.15, 0.2) is 11.6 Å². The highest BCUT2D eigenvalue weighted by molar-refractivity contribution is 6.61. The topological polar surface area (TPSA) is 110 Å². The largest absolute Gasteiger partial charge is 0.449 e. The summed E-state index contributed by atoms with van der Waals surface area (Å²) in [7, 11) is 0. The minimum Gasteiger partial charge on any atom is -0.449 e. The highest BCUT2D eigenvalue weighted by Gasteiger charge is 2.42. The Kier molecular flexibility index (Phi) is 13.8. The minimum absolute atomic E-state index is 0.0453. The third kappa shape index (κ3) is 11.3. The van der Waals surface area contributed by atoms with Crippen molar-refractivity contribution >= 4 is 28.9 Å². The van der Waals surface area contributed by atoms with Gasteiger partial charge < -0.3 is 33.3 Å². The summed E-state index contributed by atoms with van der Waals surface area (Å²) in [6.45, 7) is 8.00. The fourth-order valence-electron chi connectivity index (χ4n) is 6.23. The van der Waals surface area contributed by atoms with Gasteiger partial charge >= 0.3 is 11.5 Å². The fourth-order valence-corrected chi connectivity index (χ4v) is 6.29. The maximum absolute atomic E-state index is 12.4. The molecule has 6 rings (SSSR count). The van der Waals surface area contributed by atoms with E-state index >= 15 is 0 Å². The summed E-state index contributed by atoms with van der Waals surface area (Å²) >= 11 is 4.97. The Morgan fingerprint density at radius 1 is 0.804 bits per heavy atom. The molecule has 2 unspecified atom stereocenters. The maximum Gasteiger partial charge on any atom is 0.410 e. The summed E-state index contributed by atoms with van der Waals surface area (Å²) in [5, 5.41) is 0. The van der Waals surface area contributed by atoms with Gasteiger partial charge in [-0.05, 0) is 30.4 Å². The average Bonchev–Trinajstić information content (AvgIpc) is 3.64. The molecule has 252 valence electrons. The van der Waals surface area contributed by atoms with E-state index in [4.69, 9.17) is 35.3 Å². The molecule has 0 bridgehead atoms. The lowest BCUT2D eigenvalue weighted by molar-refractivity contribution is -0.170. The van der Waals surface area contributed by atoms with Crippen molar-refractivity contribution in [3.8, 4) is 0 Å². The number of nitrogens with zero attached hydrogens (tertiary/aromatic N) is 1. The van der Waals surface area contributed by atoms with Crippen LogP contribution in [0.3, 0.4) is 0 Å². The van der Waals surface area contributed by atoms with Gasteiger partial charge in [0, 0.05) is 62.7 Å². The molecule has 2 aromatic rings. The number of hydrogen-bond acceptors (Lipinski definition) is 9. The fraction of sp³-hybridized carbons (Fsp3) is 0.571. The molecule has 0 radical (unpaired) electrons. The number of ketones is 1. The molecule has 3 heterocycles. The van der Waals surface area contributed by atoms with Gasteiger partial charge in [0.25, 0.3) is 0 Å². The standard InChI is InChI=1S/C17H23NO4.C10H16O3.C8H7ClO2/c1-14-12-17(21-10-11-22-17)8-5-9-18(14)16(19)20-13-15-6-3-2-4-7-15;1-8-6-9(11)2-3-10(7-8)12-4-5-13-10;9-8(10)11-6-7-4-2-1-3-5-7/h2-4,6-7,14H,5,8-13H2,1H3;8H,2-7H2,1H3;1-5H,6H2. The lowest BCUT2D eigenvalue weighted by atomic mass is 9.99. The zero-order valence-electron chi connectivity index (χ0n) is 26.8. The number of Topliss-reactive ketones (excluding diaryl/α,β-unsaturated/α-hetero) is 1. The first-order chi connectivity index (χ1) is 22.2. The number of carbonyl (C=O) groups excluding carboxylic acids is 3. The van der Waals surface area contributed by atoms with Crippen LogP contribution >= 0.6 is 11.6 Å². The van der Waals surface area contributed by atoms with Crippen molar-refractivity contribution in [3.05, 3.63) is 71.8 Å². The normalized spacial score (nSPS) is 23.3. The second-order valence-electron chi connectivity index (χ2n) is 12.2. The highest BCUT2D eigenvalue weighted by atomic mass is 35.5. The quantitative estimate of drug-likeness (QED) is 0.320. The lowest BCUT2D eigenvalue weighted by Crippen LogP contribution is -2.41. The first-order valence-electron chi connectivity index (χ1n) is 16.1. The lowest BCUT2D eigenvalue weighted by Gasteiger charge is -2.30. The van der Waals surface area contributed by atoms with Crippen LogP contribution in [-0.2, 0) is 46.4 Å². The molecular weight excluding hydrogens is 614 g/mol. The van der Waals surface area contributed by atoms with Gasteiger partial charge in [0.05, 0.1) is 26.4 Å². The van der Waals surface area contributed by atoms with Crippen molar-refractivity contribution in [2.45, 2.75) is 89.6 Å². The summed E-state index contributed by atoms with van der Waals surface area (Å²) < 4.78 is 32.8. The molecule has 46 heavy (non-hydrogen) atoms. The van der Waals surface area contributed by atoms with Crippen LogP contribution < -0.4 is 0 Å². The van der Waals surface area contributed by atoms with Crippen LogP contribution in [0.1, 0.15) is 69.9 Å². The number of benzene rings is 2. The molecule has 0 aromatic heterocycles. The van der Waals surface area contributed by atoms with E-state index in [0.717, 1.165) is 36.8 Å². The highest BCUT2D eigenvalue weighted by Crippen LogP contribution is 2.36. The van der Waals surface area contributed by atoms with Crippen LogP contribution in [0.25, 0.3) is 0 Å². The Labute approximate surface area is 276 Å². The third-order valence-corrected chi connectivity index (χ3v) is 8.49. The molecule has 3 aliphatic heterocycles. The van der Waals surface area contributed by atoms with Crippen molar-refractivity contribution in [1.29, 1.82) is 0 Å². The Bertz CT molecular complexity index is 1230. The zero-order valence-corrected chi connectivity index (χ0v) is 27.6. The van der Waals surface area contributed by atoms with Crippen molar-refractivity contribution in [3.63, 3.8) is 0 Å². The number of carbonyl (C=O) groups is 3. The molecule has 3 saturated heterocycles. The Morgan fingerprint density at radius 2 is 1.33 bits per heavy atom. The van der Waals surface area contributed by atoms with E-state index in [1.807, 2.05) is 67.6 Å². The summed E-state index contributed by atoms with van der Waals surface area (Å²) in [4.78, 5) is 35.6. The van der Waals surface area contributed by atoms with E-state index in [1.165, 1.54) is 0 Å². The van der Waals surface area contributed by atoms with E-state index in [0.29, 0.717) is 70.5 Å². The first-order valence-corrected chi connectivity index (χ1v) is 16.5. The molecule has 2 spiro atoms. The maximum atomic E-state index is 12.4. The van der Waals surface area contributed by atoms with E-state index < -0.39 is 17.0 Å². The van der Waals surface area contributed by atoms with Crippen molar-refractivity contribution in [2.75, 3.05) is 33.0 Å². The SMILES string of the molecule is CC1CC(=O)CCC2(C1)OCCO2.CC1CC2(CCCN1C(=O)OCc1ccccc1)OCCO2.O=C(Cl)OCc1ccccc1. The van der Waals surface area contributed by atoms with Crippen LogP contribution in [0.4, 0.5) is 9.59 Å². The predicted molar refractivity (Wildman–Crippen MR) is 171 cm³/mol. The summed E-state index contributed by atoms with van der Waals surface area (Å²) in [5.74, 6) is -0.156. The van der Waals surface area contributed by atoms with Gasteiger partial charge in [-0.15, -0.1) is 0 Å².